The summed E-state index contributed by atoms with van der Waals surface area (Å²) >= 11 is 0. The minimum absolute atomic E-state index is 0.0188. The molecule has 3 aromatic rings. The second-order valence-corrected chi connectivity index (χ2v) is 13.0. The lowest BCUT2D eigenvalue weighted by Crippen LogP contribution is -2.17. The maximum atomic E-state index is 15.4. The molecule has 5 rings (SSSR count). The fourth-order valence-electron chi connectivity index (χ4n) is 7.20. The number of nitriles is 2. The van der Waals surface area contributed by atoms with Crippen molar-refractivity contribution in [1.29, 1.82) is 10.5 Å². The standard InChI is InChI=1S/C44H36F8N4O2/c1-6-10-33-41(38(23-54)56-8-3)29(7-2)31(12-9-11-25-13-15-27(20-35(25)45)57-43(47,48)49)42(33)40-24(4)39(37(22-53)55-5)34-19-26(14-17-32(34)40)30-18-16-28(21-36(30)46)58-44(50,51)52/h7,9,12-21,55-56H,2,6,8,10-11H2,1,3-5H3/b12-9-,39-37+,41-38-. The minimum Gasteiger partial charge on any atom is -0.406 e. The van der Waals surface area contributed by atoms with Gasteiger partial charge in [-0.2, -0.15) is 10.5 Å². The fourth-order valence-corrected chi connectivity index (χ4v) is 7.20. The number of rotatable bonds is 13. The van der Waals surface area contributed by atoms with Crippen molar-refractivity contribution in [2.45, 2.75) is 52.8 Å². The van der Waals surface area contributed by atoms with Gasteiger partial charge in [-0.25, -0.2) is 8.78 Å². The summed E-state index contributed by atoms with van der Waals surface area (Å²) in [6.07, 6.45) is -3.97. The van der Waals surface area contributed by atoms with Crippen molar-refractivity contribution in [3.63, 3.8) is 0 Å². The Labute approximate surface area is 330 Å². The predicted octanol–water partition coefficient (Wildman–Crippen LogP) is 11.4. The maximum Gasteiger partial charge on any atom is 0.573 e. The van der Waals surface area contributed by atoms with Gasteiger partial charge < -0.3 is 20.1 Å². The fraction of sp³-hybridized carbons (Fsp3) is 0.227. The third kappa shape index (κ3) is 8.87. The van der Waals surface area contributed by atoms with E-state index in [1.807, 2.05) is 20.8 Å². The first kappa shape index (κ1) is 42.6. The molecule has 0 atom stereocenters. The van der Waals surface area contributed by atoms with Crippen molar-refractivity contribution in [2.24, 2.45) is 0 Å². The second kappa shape index (κ2) is 17.3. The largest absolute Gasteiger partial charge is 0.573 e. The van der Waals surface area contributed by atoms with Crippen LogP contribution in [0.4, 0.5) is 35.1 Å². The number of allylic oxidation sites excluding steroid dienone is 13. The van der Waals surface area contributed by atoms with E-state index in [-0.39, 0.29) is 28.9 Å². The van der Waals surface area contributed by atoms with Crippen molar-refractivity contribution >= 4 is 11.1 Å². The van der Waals surface area contributed by atoms with Crippen molar-refractivity contribution in [1.82, 2.24) is 10.6 Å². The molecular weight excluding hydrogens is 768 g/mol. The highest BCUT2D eigenvalue weighted by atomic mass is 19.4. The first-order valence-electron chi connectivity index (χ1n) is 17.9. The van der Waals surface area contributed by atoms with E-state index in [1.54, 1.807) is 43.5 Å². The van der Waals surface area contributed by atoms with E-state index < -0.39 is 35.9 Å². The number of ether oxygens (including phenoxy) is 2. The molecule has 0 bridgehead atoms. The van der Waals surface area contributed by atoms with Gasteiger partial charge in [-0.1, -0.05) is 56.4 Å². The van der Waals surface area contributed by atoms with Gasteiger partial charge in [-0.15, -0.1) is 26.3 Å². The van der Waals surface area contributed by atoms with E-state index >= 15 is 8.78 Å². The third-order valence-electron chi connectivity index (χ3n) is 9.39. The number of hydrogen-bond acceptors (Lipinski definition) is 6. The van der Waals surface area contributed by atoms with Crippen LogP contribution in [-0.2, 0) is 6.42 Å². The van der Waals surface area contributed by atoms with Gasteiger partial charge in [-0.3, -0.25) is 0 Å². The molecule has 14 heteroatoms. The van der Waals surface area contributed by atoms with Crippen LogP contribution < -0.4 is 20.1 Å². The zero-order chi connectivity index (χ0) is 42.5. The molecule has 0 spiro atoms. The number of nitrogens with one attached hydrogen (secondary N) is 2. The van der Waals surface area contributed by atoms with E-state index in [2.05, 4.69) is 38.8 Å². The summed E-state index contributed by atoms with van der Waals surface area (Å²) in [6.45, 7) is 10.1. The molecule has 2 aliphatic rings. The summed E-state index contributed by atoms with van der Waals surface area (Å²) in [5.41, 5.74) is 6.97. The van der Waals surface area contributed by atoms with Gasteiger partial charge >= 0.3 is 12.7 Å². The number of hydrogen-bond donors (Lipinski definition) is 2. The van der Waals surface area contributed by atoms with Gasteiger partial charge in [0.25, 0.3) is 0 Å². The Kier molecular flexibility index (Phi) is 12.7. The summed E-state index contributed by atoms with van der Waals surface area (Å²) in [5.74, 6) is -3.32. The summed E-state index contributed by atoms with van der Waals surface area (Å²) in [5, 5.41) is 26.7. The van der Waals surface area contributed by atoms with Gasteiger partial charge in [0.05, 0.1) is 0 Å². The summed E-state index contributed by atoms with van der Waals surface area (Å²) < 4.78 is 115. The lowest BCUT2D eigenvalue weighted by atomic mass is 9.88. The van der Waals surface area contributed by atoms with Crippen LogP contribution in [0.3, 0.4) is 0 Å². The number of benzene rings is 3. The highest BCUT2D eigenvalue weighted by molar-refractivity contribution is 6.09. The second-order valence-electron chi connectivity index (χ2n) is 13.0. The average molecular weight is 805 g/mol. The van der Waals surface area contributed by atoms with Crippen LogP contribution in [0.2, 0.25) is 0 Å². The first-order valence-corrected chi connectivity index (χ1v) is 17.9. The van der Waals surface area contributed by atoms with E-state index in [1.165, 1.54) is 12.1 Å². The van der Waals surface area contributed by atoms with Gasteiger partial charge in [0.2, 0.25) is 0 Å². The molecule has 3 aromatic carbocycles. The van der Waals surface area contributed by atoms with Crippen molar-refractivity contribution in [3.05, 3.63) is 153 Å². The van der Waals surface area contributed by atoms with Gasteiger partial charge in [0.15, 0.2) is 0 Å². The van der Waals surface area contributed by atoms with E-state index in [4.69, 9.17) is 0 Å². The molecule has 0 heterocycles. The normalized spacial score (nSPS) is 16.0. The highest BCUT2D eigenvalue weighted by Crippen LogP contribution is 2.54. The Morgan fingerprint density at radius 3 is 1.93 bits per heavy atom. The molecule has 0 amide bonds. The SMILES string of the molecule is C=CC1=C(/C=C\Cc2ccc(OC(F)(F)F)cc2F)C(C2=C(C)/C(=C(/C#N)NC)c3cc(-c4ccc(OC(F)(F)F)cc4F)ccc32)=C(CCC)/C1=C(/C#N)NCC. The van der Waals surface area contributed by atoms with Crippen LogP contribution >= 0.6 is 0 Å². The first-order chi connectivity index (χ1) is 27.5. The van der Waals surface area contributed by atoms with E-state index in [0.717, 1.165) is 17.7 Å². The quantitative estimate of drug-likeness (QED) is 0.132. The van der Waals surface area contributed by atoms with Crippen molar-refractivity contribution in [2.75, 3.05) is 13.6 Å². The van der Waals surface area contributed by atoms with Gasteiger partial charge in [0.1, 0.15) is 46.7 Å². The Morgan fingerprint density at radius 1 is 0.776 bits per heavy atom. The Bertz CT molecular complexity index is 2430. The average Bonchev–Trinajstić information content (AvgIpc) is 3.60. The summed E-state index contributed by atoms with van der Waals surface area (Å²) in [7, 11) is 1.57. The molecular formula is C44H36F8N4O2. The zero-order valence-corrected chi connectivity index (χ0v) is 31.7. The Morgan fingerprint density at radius 2 is 1.40 bits per heavy atom. The molecule has 2 aliphatic carbocycles. The van der Waals surface area contributed by atoms with E-state index in [0.29, 0.717) is 87.2 Å². The number of alkyl halides is 6. The van der Waals surface area contributed by atoms with Crippen molar-refractivity contribution < 1.29 is 44.6 Å². The molecule has 6 nitrogen and oxygen atoms in total. The lowest BCUT2D eigenvalue weighted by molar-refractivity contribution is -0.275. The monoisotopic (exact) mass is 804 g/mol. The number of nitrogens with zero attached hydrogens (tertiary/aromatic N) is 2. The maximum absolute atomic E-state index is 15.4. The van der Waals surface area contributed by atoms with E-state index in [9.17, 15) is 36.9 Å². The molecule has 300 valence electrons. The third-order valence-corrected chi connectivity index (χ3v) is 9.39. The predicted molar refractivity (Wildman–Crippen MR) is 204 cm³/mol. The zero-order valence-electron chi connectivity index (χ0n) is 31.7. The van der Waals surface area contributed by atoms with Gasteiger partial charge in [-0.05, 0) is 107 Å². The van der Waals surface area contributed by atoms with Crippen LogP contribution in [-0.4, -0.2) is 26.3 Å². The Balaban J connectivity index is 1.74. The number of fused-ring (bicyclic) bond motifs is 1. The van der Waals surface area contributed by atoms with Gasteiger partial charge in [0, 0.05) is 42.4 Å². The summed E-state index contributed by atoms with van der Waals surface area (Å²) in [6, 6.07) is 15.1. The topological polar surface area (TPSA) is 90.1 Å². The molecule has 0 aliphatic heterocycles. The highest BCUT2D eigenvalue weighted by Gasteiger charge is 2.37. The molecule has 0 unspecified atom stereocenters. The molecule has 0 radical (unpaired) electrons. The molecule has 0 saturated carbocycles. The molecule has 58 heavy (non-hydrogen) atoms. The van der Waals surface area contributed by atoms with Crippen LogP contribution in [0.15, 0.2) is 124 Å². The number of halogens is 8. The molecule has 2 N–H and O–H groups in total. The molecule has 0 aromatic heterocycles. The van der Waals surface area contributed by atoms with Crippen LogP contribution in [0.5, 0.6) is 11.5 Å². The van der Waals surface area contributed by atoms with Crippen LogP contribution in [0.1, 0.15) is 50.3 Å². The lowest BCUT2D eigenvalue weighted by Gasteiger charge is -2.16. The molecule has 0 saturated heterocycles. The minimum atomic E-state index is -5.02. The summed E-state index contributed by atoms with van der Waals surface area (Å²) in [4.78, 5) is 0. The Hall–Kier alpha value is -6.54. The van der Waals surface area contributed by atoms with Crippen molar-refractivity contribution in [3.8, 4) is 34.8 Å². The molecule has 0 fully saturated rings. The van der Waals surface area contributed by atoms with Crippen LogP contribution in [0.25, 0.3) is 22.3 Å². The smallest absolute Gasteiger partial charge is 0.406 e. The van der Waals surface area contributed by atoms with Crippen LogP contribution in [0, 0.1) is 34.3 Å².